The molecule has 0 aliphatic heterocycles. The van der Waals surface area contributed by atoms with E-state index in [0.29, 0.717) is 11.6 Å². The zero-order chi connectivity index (χ0) is 21.4. The summed E-state index contributed by atoms with van der Waals surface area (Å²) in [6.45, 7) is 4.24. The number of nitrogens with one attached hydrogen (secondary N) is 2. The van der Waals surface area contributed by atoms with E-state index in [-0.39, 0.29) is 30.2 Å². The van der Waals surface area contributed by atoms with E-state index in [1.54, 1.807) is 0 Å². The molecular weight excluding hydrogens is 386 g/mol. The maximum atomic E-state index is 12.8. The Balaban J connectivity index is 2.01. The predicted octanol–water partition coefficient (Wildman–Crippen LogP) is 3.44. The number of halogens is 1. The Morgan fingerprint density at radius 3 is 2.21 bits per heavy atom. The lowest BCUT2D eigenvalue weighted by molar-refractivity contribution is -0.129. The van der Waals surface area contributed by atoms with Crippen LogP contribution < -0.4 is 10.6 Å². The summed E-state index contributed by atoms with van der Waals surface area (Å²) in [4.78, 5) is 27.3. The highest BCUT2D eigenvalue weighted by atomic mass is 35.5. The molecule has 2 N–H and O–H groups in total. The number of hydrogen-bond acceptors (Lipinski definition) is 3. The Labute approximate surface area is 178 Å². The lowest BCUT2D eigenvalue weighted by atomic mass is 10.0. The van der Waals surface area contributed by atoms with Gasteiger partial charge in [0.2, 0.25) is 11.8 Å². The zero-order valence-corrected chi connectivity index (χ0v) is 18.2. The molecule has 156 valence electrons. The van der Waals surface area contributed by atoms with Crippen molar-refractivity contribution in [3.05, 3.63) is 70.7 Å². The molecule has 2 atom stereocenters. The van der Waals surface area contributed by atoms with Crippen LogP contribution in [0.5, 0.6) is 0 Å². The number of rotatable bonds is 9. The number of nitrogens with zero attached hydrogens (tertiary/aromatic N) is 1. The number of carbonyl (C=O) groups is 2. The minimum atomic E-state index is -0.597. The third kappa shape index (κ3) is 6.87. The molecule has 0 fully saturated rings. The molecule has 2 rings (SSSR count). The standard InChI is InChI=1S/C23H30ClN3O2/c1-16(2)22(26-21(28)14-17-10-6-5-7-11-17)23(29)25-15-20(27(3)4)18-12-8-9-13-19(18)24/h5-13,16,20,22H,14-15H2,1-4H3,(H,25,29)(H,26,28)/t20-,22-/m1/s1. The molecular formula is C23H30ClN3O2. The van der Waals surface area contributed by atoms with Gasteiger partial charge in [0, 0.05) is 11.6 Å². The van der Waals surface area contributed by atoms with E-state index < -0.39 is 6.04 Å². The Bertz CT molecular complexity index is 809. The number of benzene rings is 2. The Hall–Kier alpha value is -2.37. The topological polar surface area (TPSA) is 61.4 Å². The van der Waals surface area contributed by atoms with Gasteiger partial charge in [-0.05, 0) is 37.2 Å². The van der Waals surface area contributed by atoms with E-state index in [1.807, 2.05) is 87.4 Å². The Morgan fingerprint density at radius 1 is 1.00 bits per heavy atom. The van der Waals surface area contributed by atoms with Crippen LogP contribution in [0.1, 0.15) is 31.0 Å². The first-order valence-electron chi connectivity index (χ1n) is 9.81. The van der Waals surface area contributed by atoms with E-state index >= 15 is 0 Å². The smallest absolute Gasteiger partial charge is 0.242 e. The quantitative estimate of drug-likeness (QED) is 0.659. The van der Waals surface area contributed by atoms with Gasteiger partial charge in [-0.3, -0.25) is 9.59 Å². The van der Waals surface area contributed by atoms with E-state index in [2.05, 4.69) is 10.6 Å². The molecule has 5 nitrogen and oxygen atoms in total. The largest absolute Gasteiger partial charge is 0.352 e. The monoisotopic (exact) mass is 415 g/mol. The molecule has 0 heterocycles. The van der Waals surface area contributed by atoms with Crippen LogP contribution >= 0.6 is 11.6 Å². The third-order valence-electron chi connectivity index (χ3n) is 4.83. The molecule has 2 amide bonds. The normalized spacial score (nSPS) is 13.2. The lowest BCUT2D eigenvalue weighted by Crippen LogP contribution is -2.51. The predicted molar refractivity (Wildman–Crippen MR) is 118 cm³/mol. The van der Waals surface area contributed by atoms with Crippen LogP contribution in [-0.2, 0) is 16.0 Å². The summed E-state index contributed by atoms with van der Waals surface area (Å²) in [7, 11) is 3.89. The summed E-state index contributed by atoms with van der Waals surface area (Å²) in [5, 5.41) is 6.53. The van der Waals surface area contributed by atoms with Crippen LogP contribution in [0.15, 0.2) is 54.6 Å². The second-order valence-corrected chi connectivity index (χ2v) is 8.10. The highest BCUT2D eigenvalue weighted by Crippen LogP contribution is 2.25. The summed E-state index contributed by atoms with van der Waals surface area (Å²) in [6.07, 6.45) is 0.247. The average molecular weight is 416 g/mol. The van der Waals surface area contributed by atoms with Crippen molar-refractivity contribution < 1.29 is 9.59 Å². The summed E-state index contributed by atoms with van der Waals surface area (Å²) >= 11 is 6.34. The van der Waals surface area contributed by atoms with Crippen LogP contribution in [0.3, 0.4) is 0 Å². The number of carbonyl (C=O) groups excluding carboxylic acids is 2. The Morgan fingerprint density at radius 2 is 1.62 bits per heavy atom. The maximum absolute atomic E-state index is 12.8. The molecule has 2 aromatic carbocycles. The highest BCUT2D eigenvalue weighted by Gasteiger charge is 2.26. The number of likely N-dealkylation sites (N-methyl/N-ethyl adjacent to an activating group) is 1. The van der Waals surface area contributed by atoms with E-state index in [9.17, 15) is 9.59 Å². The van der Waals surface area contributed by atoms with Crippen molar-refractivity contribution in [2.45, 2.75) is 32.4 Å². The summed E-state index contributed by atoms with van der Waals surface area (Å²) in [5.74, 6) is -0.395. The average Bonchev–Trinajstić information content (AvgIpc) is 2.67. The van der Waals surface area contributed by atoms with Crippen molar-refractivity contribution in [2.24, 2.45) is 5.92 Å². The fourth-order valence-corrected chi connectivity index (χ4v) is 3.43. The molecule has 0 saturated heterocycles. The first-order valence-corrected chi connectivity index (χ1v) is 10.2. The molecule has 0 saturated carbocycles. The first-order chi connectivity index (χ1) is 13.8. The van der Waals surface area contributed by atoms with Crippen molar-refractivity contribution in [3.63, 3.8) is 0 Å². The fraction of sp³-hybridized carbons (Fsp3) is 0.391. The molecule has 2 aromatic rings. The molecule has 0 aromatic heterocycles. The highest BCUT2D eigenvalue weighted by molar-refractivity contribution is 6.31. The van der Waals surface area contributed by atoms with Gasteiger partial charge in [0.1, 0.15) is 6.04 Å². The van der Waals surface area contributed by atoms with E-state index in [4.69, 9.17) is 11.6 Å². The first kappa shape index (κ1) is 22.9. The molecule has 29 heavy (non-hydrogen) atoms. The third-order valence-corrected chi connectivity index (χ3v) is 5.17. The van der Waals surface area contributed by atoms with E-state index in [0.717, 1.165) is 11.1 Å². The lowest BCUT2D eigenvalue weighted by Gasteiger charge is -2.28. The van der Waals surface area contributed by atoms with Crippen LogP contribution in [0.4, 0.5) is 0 Å². The molecule has 0 radical (unpaired) electrons. The van der Waals surface area contributed by atoms with Gasteiger partial charge in [0.05, 0.1) is 12.5 Å². The molecule has 0 unspecified atom stereocenters. The minimum Gasteiger partial charge on any atom is -0.352 e. The second kappa shape index (κ2) is 11.0. The number of hydrogen-bond donors (Lipinski definition) is 2. The van der Waals surface area contributed by atoms with Gasteiger partial charge in [-0.1, -0.05) is 74.0 Å². The molecule has 6 heteroatoms. The van der Waals surface area contributed by atoms with Gasteiger partial charge in [-0.25, -0.2) is 0 Å². The van der Waals surface area contributed by atoms with Gasteiger partial charge in [0.15, 0.2) is 0 Å². The molecule has 0 spiro atoms. The number of amides is 2. The van der Waals surface area contributed by atoms with Crippen molar-refractivity contribution in [2.75, 3.05) is 20.6 Å². The SMILES string of the molecule is CC(C)[C@@H](NC(=O)Cc1ccccc1)C(=O)NC[C@H](c1ccccc1Cl)N(C)C. The van der Waals surface area contributed by atoms with Crippen molar-refractivity contribution >= 4 is 23.4 Å². The van der Waals surface area contributed by atoms with Crippen LogP contribution in [-0.4, -0.2) is 43.4 Å². The van der Waals surface area contributed by atoms with Gasteiger partial charge in [-0.2, -0.15) is 0 Å². The summed E-state index contributed by atoms with van der Waals surface area (Å²) in [5.41, 5.74) is 1.87. The molecule has 0 aliphatic carbocycles. The maximum Gasteiger partial charge on any atom is 0.242 e. The second-order valence-electron chi connectivity index (χ2n) is 7.70. The van der Waals surface area contributed by atoms with Crippen molar-refractivity contribution in [1.82, 2.24) is 15.5 Å². The van der Waals surface area contributed by atoms with Crippen LogP contribution in [0.2, 0.25) is 5.02 Å². The van der Waals surface area contributed by atoms with Crippen molar-refractivity contribution in [3.8, 4) is 0 Å². The van der Waals surface area contributed by atoms with Crippen LogP contribution in [0.25, 0.3) is 0 Å². The fourth-order valence-electron chi connectivity index (χ4n) is 3.16. The molecule has 0 bridgehead atoms. The minimum absolute atomic E-state index is 0.0344. The van der Waals surface area contributed by atoms with Gasteiger partial charge in [-0.15, -0.1) is 0 Å². The van der Waals surface area contributed by atoms with Gasteiger partial charge < -0.3 is 15.5 Å². The van der Waals surface area contributed by atoms with Crippen molar-refractivity contribution in [1.29, 1.82) is 0 Å². The Kier molecular flexibility index (Phi) is 8.68. The van der Waals surface area contributed by atoms with E-state index in [1.165, 1.54) is 0 Å². The van der Waals surface area contributed by atoms with Gasteiger partial charge in [0.25, 0.3) is 0 Å². The molecule has 0 aliphatic rings. The summed E-state index contributed by atoms with van der Waals surface area (Å²) < 4.78 is 0. The van der Waals surface area contributed by atoms with Crippen LogP contribution in [0, 0.1) is 5.92 Å². The summed E-state index contributed by atoms with van der Waals surface area (Å²) in [6, 6.07) is 16.4. The zero-order valence-electron chi connectivity index (χ0n) is 17.5. The van der Waals surface area contributed by atoms with Gasteiger partial charge >= 0.3 is 0 Å².